The summed E-state index contributed by atoms with van der Waals surface area (Å²) in [5, 5.41) is 9.73. The highest BCUT2D eigenvalue weighted by atomic mass is 32.2. The van der Waals surface area contributed by atoms with Gasteiger partial charge in [-0.05, 0) is 39.0 Å². The zero-order valence-corrected chi connectivity index (χ0v) is 13.4. The highest BCUT2D eigenvalue weighted by molar-refractivity contribution is 7.89. The van der Waals surface area contributed by atoms with Crippen LogP contribution in [0.5, 0.6) is 0 Å². The third kappa shape index (κ3) is 6.55. The van der Waals surface area contributed by atoms with Gasteiger partial charge < -0.3 is 15.4 Å². The van der Waals surface area contributed by atoms with Crippen molar-refractivity contribution in [2.75, 3.05) is 11.9 Å². The number of nitrogens with two attached hydrogens (primary N) is 1. The lowest BCUT2D eigenvalue weighted by atomic mass is 10.2. The number of rotatable bonds is 4. The third-order valence-corrected chi connectivity index (χ3v) is 3.15. The Morgan fingerprint density at radius 2 is 1.91 bits per heavy atom. The zero-order chi connectivity index (χ0) is 17.0. The molecule has 9 heteroatoms. The molecule has 0 aliphatic rings. The molecule has 1 aromatic carbocycles. The number of carbonyl (C=O) groups is 2. The maximum Gasteiger partial charge on any atom is 0.408 e. The summed E-state index contributed by atoms with van der Waals surface area (Å²) < 4.78 is 27.4. The molecule has 0 radical (unpaired) electrons. The van der Waals surface area contributed by atoms with Gasteiger partial charge in [-0.3, -0.25) is 4.79 Å². The van der Waals surface area contributed by atoms with E-state index in [1.807, 2.05) is 0 Å². The number of sulfonamides is 1. The van der Waals surface area contributed by atoms with E-state index in [2.05, 4.69) is 10.6 Å². The average molecular weight is 329 g/mol. The number of alkyl carbamates (subject to hydrolysis) is 1. The average Bonchev–Trinajstić information content (AvgIpc) is 2.34. The fourth-order valence-electron chi connectivity index (χ4n) is 1.42. The van der Waals surface area contributed by atoms with E-state index >= 15 is 0 Å². The van der Waals surface area contributed by atoms with Crippen LogP contribution in [0.2, 0.25) is 0 Å². The summed E-state index contributed by atoms with van der Waals surface area (Å²) in [7, 11) is -3.85. The second-order valence-corrected chi connectivity index (χ2v) is 7.04. The van der Waals surface area contributed by atoms with E-state index in [1.165, 1.54) is 24.3 Å². The molecule has 8 nitrogen and oxygen atoms in total. The molecule has 0 aliphatic carbocycles. The third-order valence-electron chi connectivity index (χ3n) is 2.24. The lowest BCUT2D eigenvalue weighted by Crippen LogP contribution is -2.37. The number of nitrogens with one attached hydrogen (secondary N) is 2. The van der Waals surface area contributed by atoms with Crippen molar-refractivity contribution >= 4 is 27.7 Å². The maximum absolute atomic E-state index is 11.7. The Bertz CT molecular complexity index is 664. The minimum absolute atomic E-state index is 0.120. The molecule has 1 aromatic rings. The van der Waals surface area contributed by atoms with Crippen LogP contribution in [0.1, 0.15) is 20.8 Å². The normalized spacial score (nSPS) is 11.6. The zero-order valence-electron chi connectivity index (χ0n) is 12.5. The van der Waals surface area contributed by atoms with Crippen LogP contribution in [0.4, 0.5) is 10.5 Å². The van der Waals surface area contributed by atoms with E-state index in [1.54, 1.807) is 20.8 Å². The van der Waals surface area contributed by atoms with Crippen molar-refractivity contribution in [3.63, 3.8) is 0 Å². The van der Waals surface area contributed by atoms with E-state index in [0.717, 1.165) is 0 Å². The van der Waals surface area contributed by atoms with Crippen LogP contribution in [0.25, 0.3) is 0 Å². The van der Waals surface area contributed by atoms with Crippen LogP contribution in [0.3, 0.4) is 0 Å². The first kappa shape index (κ1) is 17.9. The van der Waals surface area contributed by atoms with Crippen molar-refractivity contribution in [3.05, 3.63) is 24.3 Å². The van der Waals surface area contributed by atoms with Crippen LogP contribution in [0.15, 0.2) is 29.2 Å². The monoisotopic (exact) mass is 329 g/mol. The van der Waals surface area contributed by atoms with E-state index < -0.39 is 27.6 Å². The van der Waals surface area contributed by atoms with Crippen molar-refractivity contribution in [3.8, 4) is 0 Å². The molecule has 0 saturated carbocycles. The Hall–Kier alpha value is -2.13. The molecule has 0 aromatic heterocycles. The van der Waals surface area contributed by atoms with Crippen molar-refractivity contribution in [1.82, 2.24) is 5.32 Å². The number of hydrogen-bond donors (Lipinski definition) is 3. The van der Waals surface area contributed by atoms with Crippen LogP contribution < -0.4 is 15.8 Å². The molecule has 0 heterocycles. The summed E-state index contributed by atoms with van der Waals surface area (Å²) in [6, 6.07) is 5.47. The second-order valence-electron chi connectivity index (χ2n) is 5.48. The van der Waals surface area contributed by atoms with Gasteiger partial charge >= 0.3 is 6.09 Å². The van der Waals surface area contributed by atoms with Crippen LogP contribution in [0, 0.1) is 0 Å². The summed E-state index contributed by atoms with van der Waals surface area (Å²) in [4.78, 5) is 23.0. The van der Waals surface area contributed by atoms with Crippen LogP contribution >= 0.6 is 0 Å². The lowest BCUT2D eigenvalue weighted by molar-refractivity contribution is -0.115. The molecule has 0 spiro atoms. The first-order valence-electron chi connectivity index (χ1n) is 6.37. The number of anilines is 1. The van der Waals surface area contributed by atoms with Crippen LogP contribution in [-0.4, -0.2) is 32.6 Å². The van der Waals surface area contributed by atoms with E-state index in [9.17, 15) is 18.0 Å². The smallest absolute Gasteiger partial charge is 0.408 e. The number of benzene rings is 1. The predicted octanol–water partition coefficient (Wildman–Crippen LogP) is 0.797. The fourth-order valence-corrected chi connectivity index (χ4v) is 1.98. The molecule has 0 aliphatic heterocycles. The largest absolute Gasteiger partial charge is 0.444 e. The first-order chi connectivity index (χ1) is 9.97. The Balaban J connectivity index is 2.58. The Labute approximate surface area is 129 Å². The molecule has 2 amide bonds. The van der Waals surface area contributed by atoms with Gasteiger partial charge in [0.05, 0.1) is 4.90 Å². The van der Waals surface area contributed by atoms with Gasteiger partial charge in [-0.2, -0.15) is 0 Å². The number of amides is 2. The van der Waals surface area contributed by atoms with Gasteiger partial charge in [0.25, 0.3) is 0 Å². The molecule has 0 atom stereocenters. The first-order valence-corrected chi connectivity index (χ1v) is 7.91. The molecule has 122 valence electrons. The fraction of sp³-hybridized carbons (Fsp3) is 0.385. The number of ether oxygens (including phenoxy) is 1. The predicted molar refractivity (Wildman–Crippen MR) is 80.7 cm³/mol. The summed E-state index contributed by atoms with van der Waals surface area (Å²) in [6.07, 6.45) is -0.721. The molecule has 0 unspecified atom stereocenters. The van der Waals surface area contributed by atoms with Gasteiger partial charge in [0.15, 0.2) is 0 Å². The van der Waals surface area contributed by atoms with Gasteiger partial charge in [-0.15, -0.1) is 0 Å². The molecule has 4 N–H and O–H groups in total. The molecular weight excluding hydrogens is 310 g/mol. The van der Waals surface area contributed by atoms with Gasteiger partial charge in [0.2, 0.25) is 15.9 Å². The summed E-state index contributed by atoms with van der Waals surface area (Å²) in [6.45, 7) is 4.79. The SMILES string of the molecule is CC(C)(C)OC(=O)NCC(=O)Nc1cccc(S(N)(=O)=O)c1. The standard InChI is InChI=1S/C13H19N3O5S/c1-13(2,3)21-12(18)15-8-11(17)16-9-5-4-6-10(7-9)22(14,19)20/h4-7H,8H2,1-3H3,(H,15,18)(H,16,17)(H2,14,19,20). The Morgan fingerprint density at radius 1 is 1.27 bits per heavy atom. The summed E-state index contributed by atoms with van der Waals surface area (Å²) in [5.74, 6) is -0.530. The lowest BCUT2D eigenvalue weighted by Gasteiger charge is -2.19. The number of carbonyl (C=O) groups excluding carboxylic acids is 2. The maximum atomic E-state index is 11.7. The van der Waals surface area contributed by atoms with E-state index in [4.69, 9.17) is 9.88 Å². The molecule has 22 heavy (non-hydrogen) atoms. The number of primary sulfonamides is 1. The van der Waals surface area contributed by atoms with Crippen molar-refractivity contribution in [1.29, 1.82) is 0 Å². The number of hydrogen-bond acceptors (Lipinski definition) is 5. The van der Waals surface area contributed by atoms with Gasteiger partial charge in [0, 0.05) is 5.69 Å². The van der Waals surface area contributed by atoms with Crippen molar-refractivity contribution in [2.45, 2.75) is 31.3 Å². The topological polar surface area (TPSA) is 128 Å². The molecule has 0 fully saturated rings. The summed E-state index contributed by atoms with van der Waals surface area (Å²) in [5.41, 5.74) is -0.410. The van der Waals surface area contributed by atoms with Crippen molar-refractivity contribution in [2.24, 2.45) is 5.14 Å². The minimum atomic E-state index is -3.85. The van der Waals surface area contributed by atoms with Gasteiger partial charge in [-0.1, -0.05) is 6.07 Å². The van der Waals surface area contributed by atoms with Gasteiger partial charge in [0.1, 0.15) is 12.1 Å². The summed E-state index contributed by atoms with van der Waals surface area (Å²) >= 11 is 0. The van der Waals surface area contributed by atoms with E-state index in [0.29, 0.717) is 0 Å². The molecule has 0 bridgehead atoms. The van der Waals surface area contributed by atoms with Gasteiger partial charge in [-0.25, -0.2) is 18.4 Å². The second kappa shape index (κ2) is 6.75. The van der Waals surface area contributed by atoms with Crippen molar-refractivity contribution < 1.29 is 22.7 Å². The quantitative estimate of drug-likeness (QED) is 0.752. The Morgan fingerprint density at radius 3 is 2.45 bits per heavy atom. The highest BCUT2D eigenvalue weighted by Crippen LogP contribution is 2.13. The van der Waals surface area contributed by atoms with E-state index in [-0.39, 0.29) is 17.1 Å². The molecular formula is C13H19N3O5S. The molecule has 0 saturated heterocycles. The van der Waals surface area contributed by atoms with Crippen LogP contribution in [-0.2, 0) is 19.6 Å². The Kier molecular flexibility index (Phi) is 5.50. The minimum Gasteiger partial charge on any atom is -0.444 e. The highest BCUT2D eigenvalue weighted by Gasteiger charge is 2.16. The molecule has 1 rings (SSSR count).